The van der Waals surface area contributed by atoms with Crippen LogP contribution >= 0.6 is 0 Å². The van der Waals surface area contributed by atoms with Gasteiger partial charge in [-0.05, 0) is 0 Å². The van der Waals surface area contributed by atoms with Crippen molar-refractivity contribution in [3.8, 4) is 0 Å². The fourth-order valence-electron chi connectivity index (χ4n) is 0. The van der Waals surface area contributed by atoms with Crippen LogP contribution in [0.4, 0.5) is 0 Å². The molecule has 0 saturated heterocycles. The van der Waals surface area contributed by atoms with Crippen LogP contribution in [0.15, 0.2) is 0 Å². The molecule has 0 fully saturated rings. The summed E-state index contributed by atoms with van der Waals surface area (Å²) >= 11 is 0. The second kappa shape index (κ2) is 9.83. The zero-order chi connectivity index (χ0) is 3.58. The van der Waals surface area contributed by atoms with Crippen LogP contribution in [0.25, 0.3) is 0 Å². The van der Waals surface area contributed by atoms with Gasteiger partial charge in [0.1, 0.15) is 0 Å². The van der Waals surface area contributed by atoms with Gasteiger partial charge in [-0.3, -0.25) is 0 Å². The van der Waals surface area contributed by atoms with Crippen molar-refractivity contribution in [1.82, 2.24) is 0 Å². The topological polar surface area (TPSA) is 23.1 Å². The first-order valence-electron chi connectivity index (χ1n) is 1.39. The van der Waals surface area contributed by atoms with E-state index < -0.39 is 6.10 Å². The van der Waals surface area contributed by atoms with E-state index in [2.05, 4.69) is 0 Å². The molecule has 0 aliphatic carbocycles. The molecule has 3 radical (unpaired) electrons. The summed E-state index contributed by atoms with van der Waals surface area (Å²) in [6.07, 6.45) is -0.417. The Labute approximate surface area is 83.5 Å². The molecule has 3 heteroatoms. The van der Waals surface area contributed by atoms with E-state index in [-0.39, 0.29) is 59.8 Å². The molecule has 0 aromatic heterocycles. The van der Waals surface area contributed by atoms with Crippen LogP contribution in [0.3, 0.4) is 0 Å². The molecule has 0 aliphatic rings. The van der Waals surface area contributed by atoms with Gasteiger partial charge in [-0.25, -0.2) is 0 Å². The van der Waals surface area contributed by atoms with Gasteiger partial charge in [-0.2, -0.15) is 0 Å². The molecule has 0 aliphatic heterocycles. The van der Waals surface area contributed by atoms with E-state index in [1.54, 1.807) is 13.8 Å². The molecule has 0 aromatic rings. The monoisotopic (exact) mass is 109 g/mol. The fraction of sp³-hybridized carbons (Fsp3) is 1.00. The van der Waals surface area contributed by atoms with E-state index in [9.17, 15) is 5.11 Å². The Bertz CT molecular complexity index is 15.5. The minimum Gasteiger partial charge on any atom is -0.852 e. The Hall–Kier alpha value is 1.66. The minimum atomic E-state index is -0.417. The van der Waals surface area contributed by atoms with Gasteiger partial charge in [0.05, 0.1) is 0 Å². The van der Waals surface area contributed by atoms with Crippen molar-refractivity contribution in [3.63, 3.8) is 0 Å². The van der Waals surface area contributed by atoms with Crippen LogP contribution in [0.1, 0.15) is 13.8 Å². The number of hydrogen-bond donors (Lipinski definition) is 0. The van der Waals surface area contributed by atoms with Gasteiger partial charge in [0.15, 0.2) is 0 Å². The molecule has 0 saturated carbocycles. The third kappa shape index (κ3) is 44.6. The van der Waals surface area contributed by atoms with E-state index in [4.69, 9.17) is 0 Å². The molecule has 0 N–H and O–H groups in total. The van der Waals surface area contributed by atoms with Crippen LogP contribution in [0.2, 0.25) is 0 Å². The molecule has 0 rings (SSSR count). The van der Waals surface area contributed by atoms with E-state index in [1.807, 2.05) is 0 Å². The molecule has 0 unspecified atom stereocenters. The first-order chi connectivity index (χ1) is 1.73. The van der Waals surface area contributed by atoms with Crippen LogP contribution in [-0.4, -0.2) is 14.5 Å². The summed E-state index contributed by atoms with van der Waals surface area (Å²) < 4.78 is 0. The van der Waals surface area contributed by atoms with Crippen LogP contribution in [0, 0.1) is 0 Å². The Morgan fingerprint density at radius 2 is 1.33 bits per heavy atom. The zero-order valence-corrected chi connectivity index (χ0v) is 7.69. The van der Waals surface area contributed by atoms with Gasteiger partial charge < -0.3 is 5.11 Å². The van der Waals surface area contributed by atoms with Crippen molar-refractivity contribution in [3.05, 3.63) is 0 Å². The Morgan fingerprint density at radius 1 is 1.33 bits per heavy atom. The summed E-state index contributed by atoms with van der Waals surface area (Å²) in [7, 11) is 0. The molecule has 0 aromatic carbocycles. The molecular weight excluding hydrogens is 102 g/mol. The third-order valence-electron chi connectivity index (χ3n) is 0. The van der Waals surface area contributed by atoms with Gasteiger partial charge in [0, 0.05) is 8.41 Å². The maximum absolute atomic E-state index is 9.53. The molecule has 0 amide bonds. The molecule has 29 valence electrons. The largest absolute Gasteiger partial charge is 1.00 e. The number of hydrogen-bond acceptors (Lipinski definition) is 1. The maximum atomic E-state index is 9.53. The maximum Gasteiger partial charge on any atom is 1.00 e. The summed E-state index contributed by atoms with van der Waals surface area (Å²) in [5.41, 5.74) is 0. The first-order valence-corrected chi connectivity index (χ1v) is 1.39. The third-order valence-corrected chi connectivity index (χ3v) is 0. The molecule has 0 spiro atoms. The Morgan fingerprint density at radius 3 is 1.33 bits per heavy atom. The van der Waals surface area contributed by atoms with Gasteiger partial charge in [-0.1, -0.05) is 13.8 Å². The van der Waals surface area contributed by atoms with Crippen molar-refractivity contribution in [2.75, 3.05) is 0 Å². The summed E-state index contributed by atoms with van der Waals surface area (Å²) in [6, 6.07) is 0. The molecule has 0 atom stereocenters. The molecule has 1 nitrogen and oxygen atoms in total. The van der Waals surface area contributed by atoms with Crippen LogP contribution in [0.5, 0.6) is 0 Å². The smallest absolute Gasteiger partial charge is 0.852 e. The normalized spacial score (nSPS) is 6.00. The quantitative estimate of drug-likeness (QED) is 0.294. The summed E-state index contributed by atoms with van der Waals surface area (Å²) in [5, 5.41) is 9.53. The molecule has 0 bridgehead atoms. The van der Waals surface area contributed by atoms with Crippen molar-refractivity contribution in [2.24, 2.45) is 0 Å². The summed E-state index contributed by atoms with van der Waals surface area (Å²) in [5.74, 6) is 0. The second-order valence-electron chi connectivity index (χ2n) is 1.05. The van der Waals surface area contributed by atoms with Gasteiger partial charge in [-0.15, -0.1) is 6.10 Å². The van der Waals surface area contributed by atoms with Crippen molar-refractivity contribution in [1.29, 1.82) is 0 Å². The first kappa shape index (κ1) is 15.6. The summed E-state index contributed by atoms with van der Waals surface area (Å²) in [4.78, 5) is 0. The predicted octanol–water partition coefficient (Wildman–Crippen LogP) is -3.62. The Kier molecular flexibility index (Phi) is 25.6. The van der Waals surface area contributed by atoms with E-state index in [1.165, 1.54) is 0 Å². The average Bonchev–Trinajstić information content (AvgIpc) is 0.811. The SMILES string of the molecule is CC(C)[O-].[B].[K+]. The van der Waals surface area contributed by atoms with Crippen molar-refractivity contribution < 1.29 is 56.5 Å². The standard InChI is InChI=1S/C3H7O.B.K/c1-3(2)4;;/h3H,1-2H3;;/q-1;;+1. The number of rotatable bonds is 0. The minimum absolute atomic E-state index is 0. The second-order valence-corrected chi connectivity index (χ2v) is 1.05. The van der Waals surface area contributed by atoms with E-state index in [0.717, 1.165) is 0 Å². The van der Waals surface area contributed by atoms with E-state index in [0.29, 0.717) is 0 Å². The predicted molar refractivity (Wildman–Crippen MR) is 20.9 cm³/mol. The molecular formula is C3H7BKO. The van der Waals surface area contributed by atoms with Crippen molar-refractivity contribution >= 4 is 8.41 Å². The van der Waals surface area contributed by atoms with E-state index >= 15 is 0 Å². The van der Waals surface area contributed by atoms with Crippen LogP contribution in [-0.2, 0) is 0 Å². The molecule has 0 heterocycles. The summed E-state index contributed by atoms with van der Waals surface area (Å²) in [6.45, 7) is 3.22. The van der Waals surface area contributed by atoms with Gasteiger partial charge in [0.2, 0.25) is 0 Å². The van der Waals surface area contributed by atoms with Gasteiger partial charge >= 0.3 is 51.4 Å². The van der Waals surface area contributed by atoms with Gasteiger partial charge in [0.25, 0.3) is 0 Å². The Balaban J connectivity index is -0.0000000450. The average molecular weight is 109 g/mol. The molecule has 6 heavy (non-hydrogen) atoms. The fourth-order valence-corrected chi connectivity index (χ4v) is 0. The van der Waals surface area contributed by atoms with Crippen molar-refractivity contribution in [2.45, 2.75) is 20.0 Å². The van der Waals surface area contributed by atoms with Crippen LogP contribution < -0.4 is 56.5 Å². The zero-order valence-electron chi connectivity index (χ0n) is 4.56.